The summed E-state index contributed by atoms with van der Waals surface area (Å²) >= 11 is 0. The van der Waals surface area contributed by atoms with E-state index in [0.717, 1.165) is 11.1 Å². The van der Waals surface area contributed by atoms with Gasteiger partial charge >= 0.3 is 12.1 Å². The highest BCUT2D eigenvalue weighted by Crippen LogP contribution is 2.34. The normalized spacial score (nSPS) is 11.1. The number of carbonyl (C=O) groups is 2. The Kier molecular flexibility index (Phi) is 6.84. The van der Waals surface area contributed by atoms with Crippen LogP contribution in [-0.2, 0) is 5.41 Å². The van der Waals surface area contributed by atoms with Crippen molar-refractivity contribution in [3.05, 3.63) is 59.2 Å². The molecule has 2 rings (SSSR count). The van der Waals surface area contributed by atoms with Crippen LogP contribution in [0.15, 0.2) is 42.5 Å². The fraction of sp³-hybridized carbons (Fsp3) is 0.391. The Morgan fingerprint density at radius 3 is 2.04 bits per heavy atom. The van der Waals surface area contributed by atoms with E-state index in [1.807, 2.05) is 39.0 Å². The van der Waals surface area contributed by atoms with Crippen molar-refractivity contribution in [2.75, 3.05) is 13.1 Å². The Morgan fingerprint density at radius 2 is 1.50 bits per heavy atom. The van der Waals surface area contributed by atoms with Crippen molar-refractivity contribution in [2.24, 2.45) is 0 Å². The molecule has 0 aliphatic heterocycles. The van der Waals surface area contributed by atoms with E-state index in [1.165, 1.54) is 0 Å². The summed E-state index contributed by atoms with van der Waals surface area (Å²) < 4.78 is 11.1. The van der Waals surface area contributed by atoms with Gasteiger partial charge in [0.1, 0.15) is 0 Å². The zero-order chi connectivity index (χ0) is 20.9. The number of ether oxygens (including phenoxy) is 2. The highest BCUT2D eigenvalue weighted by Gasteiger charge is 2.21. The van der Waals surface area contributed by atoms with Crippen LogP contribution >= 0.6 is 0 Å². The van der Waals surface area contributed by atoms with Crippen molar-refractivity contribution in [3.8, 4) is 11.5 Å². The first-order valence-electron chi connectivity index (χ1n) is 9.55. The molecule has 2 aromatic rings. The predicted molar refractivity (Wildman–Crippen MR) is 110 cm³/mol. The smallest absolute Gasteiger partial charge is 0.415 e. The Morgan fingerprint density at radius 1 is 0.893 bits per heavy atom. The first kappa shape index (κ1) is 21.5. The van der Waals surface area contributed by atoms with Crippen LogP contribution in [0.4, 0.5) is 4.79 Å². The average Bonchev–Trinajstić information content (AvgIpc) is 2.63. The van der Waals surface area contributed by atoms with E-state index in [4.69, 9.17) is 9.47 Å². The maximum Gasteiger partial charge on any atom is 0.415 e. The zero-order valence-corrected chi connectivity index (χ0v) is 17.5. The van der Waals surface area contributed by atoms with Gasteiger partial charge in [-0.2, -0.15) is 0 Å². The molecule has 0 bridgehead atoms. The topological polar surface area (TPSA) is 55.8 Å². The van der Waals surface area contributed by atoms with Gasteiger partial charge in [-0.25, -0.2) is 9.59 Å². The van der Waals surface area contributed by atoms with Gasteiger partial charge in [-0.15, -0.1) is 0 Å². The summed E-state index contributed by atoms with van der Waals surface area (Å²) in [5, 5.41) is 0. The molecule has 5 heteroatoms. The summed E-state index contributed by atoms with van der Waals surface area (Å²) in [4.78, 5) is 26.5. The molecule has 28 heavy (non-hydrogen) atoms. The molecule has 0 saturated carbocycles. The predicted octanol–water partition coefficient (Wildman–Crippen LogP) is 5.35. The van der Waals surface area contributed by atoms with Gasteiger partial charge in [-0.1, -0.05) is 44.5 Å². The largest absolute Gasteiger partial charge is 0.419 e. The third kappa shape index (κ3) is 5.35. The molecule has 0 fully saturated rings. The molecule has 0 saturated heterocycles. The van der Waals surface area contributed by atoms with Crippen molar-refractivity contribution in [3.63, 3.8) is 0 Å². The molecule has 0 aromatic heterocycles. The van der Waals surface area contributed by atoms with Crippen molar-refractivity contribution in [2.45, 2.75) is 47.0 Å². The van der Waals surface area contributed by atoms with Gasteiger partial charge in [0, 0.05) is 13.1 Å². The molecule has 150 valence electrons. The Labute approximate surface area is 167 Å². The number of hydrogen-bond acceptors (Lipinski definition) is 4. The second-order valence-electron chi connectivity index (χ2n) is 7.71. The number of rotatable bonds is 5. The number of carbonyl (C=O) groups excluding carboxylic acids is 2. The second-order valence-corrected chi connectivity index (χ2v) is 7.71. The number of hydrogen-bond donors (Lipinski definition) is 0. The van der Waals surface area contributed by atoms with E-state index in [-0.39, 0.29) is 16.9 Å². The number of nitrogens with zero attached hydrogens (tertiary/aromatic N) is 1. The molecule has 0 N–H and O–H groups in total. The van der Waals surface area contributed by atoms with Gasteiger partial charge in [0.25, 0.3) is 0 Å². The summed E-state index contributed by atoms with van der Waals surface area (Å²) in [6, 6.07) is 12.5. The molecular formula is C23H29NO4. The van der Waals surface area contributed by atoms with Crippen molar-refractivity contribution >= 4 is 12.1 Å². The summed E-state index contributed by atoms with van der Waals surface area (Å²) in [6.45, 7) is 13.0. The van der Waals surface area contributed by atoms with E-state index < -0.39 is 12.1 Å². The fourth-order valence-corrected chi connectivity index (χ4v) is 2.63. The maximum atomic E-state index is 12.6. The average molecular weight is 383 g/mol. The lowest BCUT2D eigenvalue weighted by molar-refractivity contribution is 0.0727. The first-order valence-corrected chi connectivity index (χ1v) is 9.55. The standard InChI is InChI=1S/C23H29NO4/c1-7-24(8-2)22(26)28-19-14-13-18(23(4,5)6)15-20(19)27-21(25)17-11-9-16(3)10-12-17/h9-15H,7-8H2,1-6H3. The third-order valence-corrected chi connectivity index (χ3v) is 4.52. The van der Waals surface area contributed by atoms with Gasteiger partial charge in [0.15, 0.2) is 11.5 Å². The third-order valence-electron chi connectivity index (χ3n) is 4.52. The lowest BCUT2D eigenvalue weighted by atomic mass is 9.87. The lowest BCUT2D eigenvalue weighted by Crippen LogP contribution is -2.33. The van der Waals surface area contributed by atoms with Crippen LogP contribution in [0.25, 0.3) is 0 Å². The number of aryl methyl sites for hydroxylation is 1. The van der Waals surface area contributed by atoms with E-state index >= 15 is 0 Å². The van der Waals surface area contributed by atoms with Crippen LogP contribution in [-0.4, -0.2) is 30.1 Å². The van der Waals surface area contributed by atoms with Gasteiger partial charge in [0.2, 0.25) is 0 Å². The minimum absolute atomic E-state index is 0.146. The summed E-state index contributed by atoms with van der Waals surface area (Å²) in [5.74, 6) is -0.0323. The van der Waals surface area contributed by atoms with Gasteiger partial charge in [0.05, 0.1) is 5.56 Å². The zero-order valence-electron chi connectivity index (χ0n) is 17.5. The molecule has 5 nitrogen and oxygen atoms in total. The maximum absolute atomic E-state index is 12.6. The Hall–Kier alpha value is -2.82. The van der Waals surface area contributed by atoms with Crippen LogP contribution in [0.3, 0.4) is 0 Å². The number of benzene rings is 2. The highest BCUT2D eigenvalue weighted by molar-refractivity contribution is 5.91. The van der Waals surface area contributed by atoms with E-state index in [1.54, 1.807) is 29.2 Å². The monoisotopic (exact) mass is 383 g/mol. The van der Waals surface area contributed by atoms with Gasteiger partial charge in [-0.3, -0.25) is 0 Å². The fourth-order valence-electron chi connectivity index (χ4n) is 2.63. The van der Waals surface area contributed by atoms with Crippen LogP contribution < -0.4 is 9.47 Å². The van der Waals surface area contributed by atoms with E-state index in [0.29, 0.717) is 18.7 Å². The Balaban J connectivity index is 2.36. The highest BCUT2D eigenvalue weighted by atomic mass is 16.6. The van der Waals surface area contributed by atoms with Crippen LogP contribution in [0, 0.1) is 6.92 Å². The SMILES string of the molecule is CCN(CC)C(=O)Oc1ccc(C(C)(C)C)cc1OC(=O)c1ccc(C)cc1. The lowest BCUT2D eigenvalue weighted by Gasteiger charge is -2.22. The van der Waals surface area contributed by atoms with Crippen molar-refractivity contribution in [1.29, 1.82) is 0 Å². The number of amides is 1. The van der Waals surface area contributed by atoms with E-state index in [2.05, 4.69) is 20.8 Å². The van der Waals surface area contributed by atoms with Crippen molar-refractivity contribution < 1.29 is 19.1 Å². The number of esters is 1. The summed E-state index contributed by atoms with van der Waals surface area (Å²) in [5.41, 5.74) is 2.32. The van der Waals surface area contributed by atoms with E-state index in [9.17, 15) is 9.59 Å². The molecule has 0 aliphatic rings. The molecule has 0 spiro atoms. The summed E-state index contributed by atoms with van der Waals surface area (Å²) in [7, 11) is 0. The minimum atomic E-state index is -0.494. The van der Waals surface area contributed by atoms with Crippen LogP contribution in [0.2, 0.25) is 0 Å². The van der Waals surface area contributed by atoms with Gasteiger partial charge in [-0.05, 0) is 56.0 Å². The van der Waals surface area contributed by atoms with Gasteiger partial charge < -0.3 is 14.4 Å². The summed E-state index contributed by atoms with van der Waals surface area (Å²) in [6.07, 6.45) is -0.471. The molecule has 0 aliphatic carbocycles. The minimum Gasteiger partial charge on any atom is -0.419 e. The second kappa shape index (κ2) is 8.91. The molecule has 2 aromatic carbocycles. The molecular weight excluding hydrogens is 354 g/mol. The van der Waals surface area contributed by atoms with Crippen LogP contribution in [0.1, 0.15) is 56.1 Å². The van der Waals surface area contributed by atoms with Crippen molar-refractivity contribution in [1.82, 2.24) is 4.90 Å². The molecule has 0 unspecified atom stereocenters. The first-order chi connectivity index (χ1) is 13.2. The van der Waals surface area contributed by atoms with Crippen LogP contribution in [0.5, 0.6) is 11.5 Å². The molecule has 0 atom stereocenters. The molecule has 1 amide bonds. The Bertz CT molecular complexity index is 831. The quantitative estimate of drug-likeness (QED) is 0.516. The molecule has 0 radical (unpaired) electrons. The molecule has 0 heterocycles.